The number of rotatable bonds is 5. The predicted molar refractivity (Wildman–Crippen MR) is 56.9 cm³/mol. The summed E-state index contributed by atoms with van der Waals surface area (Å²) in [5.41, 5.74) is 0.937. The Morgan fingerprint density at radius 3 is 3.00 bits per heavy atom. The van der Waals surface area contributed by atoms with Crippen molar-refractivity contribution in [3.63, 3.8) is 0 Å². The summed E-state index contributed by atoms with van der Waals surface area (Å²) in [6.45, 7) is 2.98. The van der Waals surface area contributed by atoms with E-state index in [1.165, 1.54) is 0 Å². The number of hydrogen-bond acceptors (Lipinski definition) is 4. The molecule has 0 fully saturated rings. The molecule has 0 aromatic carbocycles. The highest BCUT2D eigenvalue weighted by molar-refractivity contribution is 7.07. The van der Waals surface area contributed by atoms with Gasteiger partial charge in [0.15, 0.2) is 0 Å². The molecule has 0 spiro atoms. The number of hydrogen-bond donors (Lipinski definition) is 2. The van der Waals surface area contributed by atoms with E-state index in [0.29, 0.717) is 13.1 Å². The van der Waals surface area contributed by atoms with Crippen LogP contribution in [0.2, 0.25) is 0 Å². The number of aliphatic hydroxyl groups excluding tert-OH is 1. The molecule has 0 saturated heterocycles. The van der Waals surface area contributed by atoms with Gasteiger partial charge in [-0.2, -0.15) is 16.6 Å². The van der Waals surface area contributed by atoms with Crippen LogP contribution in [-0.4, -0.2) is 18.2 Å². The predicted octanol–water partition coefficient (Wildman–Crippen LogP) is 1.53. The molecule has 1 aromatic heterocycles. The number of nitriles is 1. The molecule has 0 radical (unpaired) electrons. The highest BCUT2D eigenvalue weighted by atomic mass is 32.1. The molecule has 76 valence electrons. The average Bonchev–Trinajstić information content (AvgIpc) is 2.70. The maximum Gasteiger partial charge on any atom is 0.0922 e. The lowest BCUT2D eigenvalue weighted by Gasteiger charge is -2.10. The Morgan fingerprint density at radius 1 is 1.64 bits per heavy atom. The molecule has 1 heterocycles. The fraction of sp³-hybridized carbons (Fsp3) is 0.500. The van der Waals surface area contributed by atoms with E-state index in [9.17, 15) is 5.11 Å². The van der Waals surface area contributed by atoms with Gasteiger partial charge in [0, 0.05) is 13.1 Å². The molecule has 0 aliphatic carbocycles. The van der Waals surface area contributed by atoms with E-state index < -0.39 is 6.10 Å². The van der Waals surface area contributed by atoms with Crippen LogP contribution >= 0.6 is 11.3 Å². The van der Waals surface area contributed by atoms with Gasteiger partial charge in [-0.15, -0.1) is 0 Å². The van der Waals surface area contributed by atoms with Crippen molar-refractivity contribution in [2.45, 2.75) is 13.0 Å². The third-order valence-corrected chi connectivity index (χ3v) is 2.64. The lowest BCUT2D eigenvalue weighted by molar-refractivity contribution is 0.174. The van der Waals surface area contributed by atoms with Crippen LogP contribution in [0.15, 0.2) is 16.8 Å². The number of aliphatic hydroxyl groups is 1. The van der Waals surface area contributed by atoms with Crippen LogP contribution in [0.1, 0.15) is 18.6 Å². The summed E-state index contributed by atoms with van der Waals surface area (Å²) in [6.07, 6.45) is -0.466. The summed E-state index contributed by atoms with van der Waals surface area (Å²) < 4.78 is 0. The average molecular weight is 210 g/mol. The first kappa shape index (κ1) is 11.2. The number of thiophene rings is 1. The van der Waals surface area contributed by atoms with Gasteiger partial charge in [-0.1, -0.05) is 0 Å². The smallest absolute Gasteiger partial charge is 0.0922 e. The quantitative estimate of drug-likeness (QED) is 0.775. The maximum absolute atomic E-state index is 9.66. The topological polar surface area (TPSA) is 56.0 Å². The lowest BCUT2D eigenvalue weighted by atomic mass is 10.2. The number of nitrogens with one attached hydrogen (secondary N) is 1. The zero-order valence-corrected chi connectivity index (χ0v) is 8.92. The van der Waals surface area contributed by atoms with Crippen LogP contribution in [0.25, 0.3) is 0 Å². The van der Waals surface area contributed by atoms with Gasteiger partial charge in [-0.3, -0.25) is 0 Å². The minimum atomic E-state index is -0.466. The lowest BCUT2D eigenvalue weighted by Crippen LogP contribution is -2.25. The molecular formula is C10H14N2OS. The van der Waals surface area contributed by atoms with Gasteiger partial charge in [0.1, 0.15) is 0 Å². The molecule has 0 bridgehead atoms. The van der Waals surface area contributed by atoms with Crippen molar-refractivity contribution in [1.82, 2.24) is 5.32 Å². The van der Waals surface area contributed by atoms with Crippen LogP contribution in [0.5, 0.6) is 0 Å². The standard InChI is InChI=1S/C10H14N2OS/c1-8(4-11)5-12-6-10(13)9-2-3-14-7-9/h2-3,7-8,10,12-13H,5-6H2,1H3. The molecule has 14 heavy (non-hydrogen) atoms. The van der Waals surface area contributed by atoms with Gasteiger partial charge in [-0.25, -0.2) is 0 Å². The third kappa shape index (κ3) is 3.46. The summed E-state index contributed by atoms with van der Waals surface area (Å²) in [5, 5.41) is 25.1. The van der Waals surface area contributed by atoms with E-state index in [-0.39, 0.29) is 5.92 Å². The monoisotopic (exact) mass is 210 g/mol. The van der Waals surface area contributed by atoms with Crippen molar-refractivity contribution < 1.29 is 5.11 Å². The Kier molecular flexibility index (Phi) is 4.60. The zero-order chi connectivity index (χ0) is 10.4. The summed E-state index contributed by atoms with van der Waals surface area (Å²) >= 11 is 1.57. The molecule has 2 unspecified atom stereocenters. The molecule has 0 aliphatic heterocycles. The van der Waals surface area contributed by atoms with Crippen LogP contribution < -0.4 is 5.32 Å². The Hall–Kier alpha value is -0.890. The van der Waals surface area contributed by atoms with Crippen LogP contribution in [0.4, 0.5) is 0 Å². The molecule has 3 nitrogen and oxygen atoms in total. The molecule has 2 N–H and O–H groups in total. The van der Waals surface area contributed by atoms with E-state index in [1.54, 1.807) is 11.3 Å². The minimum absolute atomic E-state index is 0.00956. The Labute approximate surface area is 88.0 Å². The van der Waals surface area contributed by atoms with Gasteiger partial charge in [0.05, 0.1) is 18.1 Å². The van der Waals surface area contributed by atoms with Crippen molar-refractivity contribution >= 4 is 11.3 Å². The van der Waals surface area contributed by atoms with Crippen molar-refractivity contribution in [3.05, 3.63) is 22.4 Å². The van der Waals surface area contributed by atoms with Gasteiger partial charge < -0.3 is 10.4 Å². The van der Waals surface area contributed by atoms with E-state index >= 15 is 0 Å². The third-order valence-electron chi connectivity index (χ3n) is 1.94. The molecule has 1 aromatic rings. The Balaban J connectivity index is 2.23. The van der Waals surface area contributed by atoms with Gasteiger partial charge >= 0.3 is 0 Å². The van der Waals surface area contributed by atoms with E-state index in [2.05, 4.69) is 11.4 Å². The first-order valence-electron chi connectivity index (χ1n) is 4.54. The van der Waals surface area contributed by atoms with E-state index in [0.717, 1.165) is 5.56 Å². The molecule has 0 amide bonds. The molecule has 1 rings (SSSR count). The zero-order valence-electron chi connectivity index (χ0n) is 8.10. The van der Waals surface area contributed by atoms with Gasteiger partial charge in [0.2, 0.25) is 0 Å². The molecule has 0 aliphatic rings. The second-order valence-electron chi connectivity index (χ2n) is 3.26. The van der Waals surface area contributed by atoms with Crippen LogP contribution in [-0.2, 0) is 0 Å². The van der Waals surface area contributed by atoms with E-state index in [4.69, 9.17) is 5.26 Å². The van der Waals surface area contributed by atoms with Gasteiger partial charge in [-0.05, 0) is 29.3 Å². The SMILES string of the molecule is CC(C#N)CNCC(O)c1ccsc1. The van der Waals surface area contributed by atoms with Crippen LogP contribution in [0.3, 0.4) is 0 Å². The first-order chi connectivity index (χ1) is 6.74. The fourth-order valence-electron chi connectivity index (χ4n) is 1.06. The van der Waals surface area contributed by atoms with E-state index in [1.807, 2.05) is 23.8 Å². The summed E-state index contributed by atoms with van der Waals surface area (Å²) in [4.78, 5) is 0. The van der Waals surface area contributed by atoms with Crippen molar-refractivity contribution in [2.24, 2.45) is 5.92 Å². The maximum atomic E-state index is 9.66. The minimum Gasteiger partial charge on any atom is -0.387 e. The van der Waals surface area contributed by atoms with Crippen LogP contribution in [0, 0.1) is 17.2 Å². The highest BCUT2D eigenvalue weighted by Gasteiger charge is 2.07. The molecular weight excluding hydrogens is 196 g/mol. The number of nitrogens with zero attached hydrogens (tertiary/aromatic N) is 1. The van der Waals surface area contributed by atoms with Crippen molar-refractivity contribution in [3.8, 4) is 6.07 Å². The summed E-state index contributed by atoms with van der Waals surface area (Å²) in [7, 11) is 0. The van der Waals surface area contributed by atoms with Crippen molar-refractivity contribution in [2.75, 3.05) is 13.1 Å². The van der Waals surface area contributed by atoms with Crippen molar-refractivity contribution in [1.29, 1.82) is 5.26 Å². The molecule has 4 heteroatoms. The fourth-order valence-corrected chi connectivity index (χ4v) is 1.77. The normalized spacial score (nSPS) is 14.6. The largest absolute Gasteiger partial charge is 0.387 e. The van der Waals surface area contributed by atoms with Gasteiger partial charge in [0.25, 0.3) is 0 Å². The molecule has 0 saturated carbocycles. The second kappa shape index (κ2) is 5.76. The summed E-state index contributed by atoms with van der Waals surface area (Å²) in [6, 6.07) is 4.04. The first-order valence-corrected chi connectivity index (χ1v) is 5.49. The Bertz CT molecular complexity index is 292. The Morgan fingerprint density at radius 2 is 2.43 bits per heavy atom. The molecule has 2 atom stereocenters. The second-order valence-corrected chi connectivity index (χ2v) is 4.04. The summed E-state index contributed by atoms with van der Waals surface area (Å²) in [5.74, 6) is -0.00956. The highest BCUT2D eigenvalue weighted by Crippen LogP contribution is 2.14.